The second kappa shape index (κ2) is 4.31. The summed E-state index contributed by atoms with van der Waals surface area (Å²) >= 11 is 6.20. The lowest BCUT2D eigenvalue weighted by Gasteiger charge is -2.02. The van der Waals surface area contributed by atoms with Crippen molar-refractivity contribution in [2.45, 2.75) is 6.92 Å². The number of hydrogen-bond acceptors (Lipinski definition) is 1. The van der Waals surface area contributed by atoms with Crippen LogP contribution in [0.1, 0.15) is 5.56 Å². The number of aryl methyl sites for hydroxylation is 1. The number of nitrogens with one attached hydrogen (secondary N) is 1. The Labute approximate surface area is 113 Å². The van der Waals surface area contributed by atoms with E-state index in [2.05, 4.69) is 9.97 Å². The summed E-state index contributed by atoms with van der Waals surface area (Å²) in [7, 11) is 0. The minimum absolute atomic E-state index is 0.0208. The Bertz CT molecular complexity index is 780. The number of halogens is 3. The zero-order valence-corrected chi connectivity index (χ0v) is 10.7. The van der Waals surface area contributed by atoms with Crippen LogP contribution < -0.4 is 0 Å². The quantitative estimate of drug-likeness (QED) is 0.699. The SMILES string of the molecule is Cc1cccc(-c2nc3c(F)c(F)ccc3[nH]2)c1Cl. The van der Waals surface area contributed by atoms with E-state index in [1.165, 1.54) is 6.07 Å². The number of rotatable bonds is 1. The highest BCUT2D eigenvalue weighted by Crippen LogP contribution is 2.30. The van der Waals surface area contributed by atoms with Gasteiger partial charge in [0.15, 0.2) is 11.6 Å². The standard InChI is InChI=1S/C14H9ClF2N2/c1-7-3-2-4-8(11(7)15)14-18-10-6-5-9(16)12(17)13(10)19-14/h2-6H,1H3,(H,18,19). The van der Waals surface area contributed by atoms with Crippen molar-refractivity contribution in [2.24, 2.45) is 0 Å². The van der Waals surface area contributed by atoms with Crippen molar-refractivity contribution in [3.05, 3.63) is 52.6 Å². The molecule has 3 rings (SSSR count). The van der Waals surface area contributed by atoms with Gasteiger partial charge in [0.05, 0.1) is 10.5 Å². The maximum atomic E-state index is 13.6. The van der Waals surface area contributed by atoms with Crippen LogP contribution in [0.25, 0.3) is 22.4 Å². The van der Waals surface area contributed by atoms with Gasteiger partial charge in [-0.05, 0) is 30.7 Å². The topological polar surface area (TPSA) is 28.7 Å². The molecule has 1 N–H and O–H groups in total. The van der Waals surface area contributed by atoms with Crippen molar-refractivity contribution in [3.63, 3.8) is 0 Å². The Morgan fingerprint density at radius 2 is 1.95 bits per heavy atom. The normalized spacial score (nSPS) is 11.2. The molecule has 0 atom stereocenters. The van der Waals surface area contributed by atoms with Crippen LogP contribution in [-0.4, -0.2) is 9.97 Å². The average molecular weight is 279 g/mol. The van der Waals surface area contributed by atoms with Crippen LogP contribution in [0.3, 0.4) is 0 Å². The van der Waals surface area contributed by atoms with E-state index in [9.17, 15) is 8.78 Å². The lowest BCUT2D eigenvalue weighted by Crippen LogP contribution is -1.85. The molecule has 0 fully saturated rings. The molecule has 2 nitrogen and oxygen atoms in total. The Morgan fingerprint density at radius 3 is 2.74 bits per heavy atom. The van der Waals surface area contributed by atoms with Gasteiger partial charge in [-0.15, -0.1) is 0 Å². The number of H-pyrrole nitrogens is 1. The average Bonchev–Trinajstić information content (AvgIpc) is 2.82. The number of imidazole rings is 1. The predicted octanol–water partition coefficient (Wildman–Crippen LogP) is 4.47. The number of nitrogens with zero attached hydrogens (tertiary/aromatic N) is 1. The summed E-state index contributed by atoms with van der Waals surface area (Å²) in [5.74, 6) is -1.45. The number of aromatic nitrogens is 2. The second-order valence-corrected chi connectivity index (χ2v) is 4.66. The Hall–Kier alpha value is -1.94. The molecular formula is C14H9ClF2N2. The van der Waals surface area contributed by atoms with Gasteiger partial charge in [0, 0.05) is 5.56 Å². The minimum atomic E-state index is -0.955. The van der Waals surface area contributed by atoms with E-state index in [-0.39, 0.29) is 5.52 Å². The highest BCUT2D eigenvalue weighted by Gasteiger charge is 2.14. The van der Waals surface area contributed by atoms with Gasteiger partial charge in [0.25, 0.3) is 0 Å². The first-order valence-corrected chi connectivity index (χ1v) is 6.05. The fourth-order valence-corrected chi connectivity index (χ4v) is 2.19. The van der Waals surface area contributed by atoms with E-state index in [4.69, 9.17) is 11.6 Å². The van der Waals surface area contributed by atoms with Crippen LogP contribution in [-0.2, 0) is 0 Å². The molecule has 0 amide bonds. The molecule has 2 aromatic carbocycles. The molecule has 1 aromatic heterocycles. The fraction of sp³-hybridized carbons (Fsp3) is 0.0714. The van der Waals surface area contributed by atoms with Gasteiger partial charge >= 0.3 is 0 Å². The first-order valence-electron chi connectivity index (χ1n) is 5.67. The third kappa shape index (κ3) is 1.88. The van der Waals surface area contributed by atoms with Crippen molar-refractivity contribution in [2.75, 3.05) is 0 Å². The lowest BCUT2D eigenvalue weighted by atomic mass is 10.1. The molecule has 19 heavy (non-hydrogen) atoms. The maximum absolute atomic E-state index is 13.6. The summed E-state index contributed by atoms with van der Waals surface area (Å²) in [5.41, 5.74) is 1.97. The van der Waals surface area contributed by atoms with Crippen LogP contribution in [0.2, 0.25) is 5.02 Å². The molecule has 0 spiro atoms. The third-order valence-corrected chi connectivity index (χ3v) is 3.49. The van der Waals surface area contributed by atoms with Gasteiger partial charge in [0.2, 0.25) is 0 Å². The smallest absolute Gasteiger partial charge is 0.186 e. The Morgan fingerprint density at radius 1 is 1.16 bits per heavy atom. The van der Waals surface area contributed by atoms with E-state index in [1.807, 2.05) is 19.1 Å². The number of benzene rings is 2. The first kappa shape index (κ1) is 12.1. The zero-order chi connectivity index (χ0) is 13.6. The van der Waals surface area contributed by atoms with E-state index in [0.717, 1.165) is 11.6 Å². The number of aromatic amines is 1. The summed E-state index contributed by atoms with van der Waals surface area (Å²) in [4.78, 5) is 7.04. The van der Waals surface area contributed by atoms with Crippen molar-refractivity contribution < 1.29 is 8.78 Å². The van der Waals surface area contributed by atoms with Gasteiger partial charge in [-0.1, -0.05) is 23.7 Å². The molecule has 0 bridgehead atoms. The minimum Gasteiger partial charge on any atom is -0.338 e. The number of fused-ring (bicyclic) bond motifs is 1. The molecule has 96 valence electrons. The van der Waals surface area contributed by atoms with Crippen LogP contribution >= 0.6 is 11.6 Å². The van der Waals surface area contributed by atoms with Gasteiger partial charge < -0.3 is 4.98 Å². The summed E-state index contributed by atoms with van der Waals surface area (Å²) < 4.78 is 26.8. The van der Waals surface area contributed by atoms with Crippen LogP contribution in [0.15, 0.2) is 30.3 Å². The molecule has 5 heteroatoms. The Kier molecular flexibility index (Phi) is 2.75. The second-order valence-electron chi connectivity index (χ2n) is 4.28. The third-order valence-electron chi connectivity index (χ3n) is 2.99. The first-order chi connectivity index (χ1) is 9.08. The van der Waals surface area contributed by atoms with Crippen molar-refractivity contribution in [1.29, 1.82) is 0 Å². The molecule has 0 aliphatic rings. The van der Waals surface area contributed by atoms with Gasteiger partial charge in [0.1, 0.15) is 11.3 Å². The molecule has 0 saturated heterocycles. The molecule has 0 unspecified atom stereocenters. The summed E-state index contributed by atoms with van der Waals surface area (Å²) in [6.45, 7) is 1.87. The lowest BCUT2D eigenvalue weighted by molar-refractivity contribution is 0.515. The van der Waals surface area contributed by atoms with Crippen molar-refractivity contribution in [3.8, 4) is 11.4 Å². The van der Waals surface area contributed by atoms with Gasteiger partial charge in [-0.3, -0.25) is 0 Å². The largest absolute Gasteiger partial charge is 0.338 e. The highest BCUT2D eigenvalue weighted by molar-refractivity contribution is 6.34. The van der Waals surface area contributed by atoms with Gasteiger partial charge in [-0.25, -0.2) is 13.8 Å². The fourth-order valence-electron chi connectivity index (χ4n) is 1.98. The van der Waals surface area contributed by atoms with Crippen LogP contribution in [0, 0.1) is 18.6 Å². The van der Waals surface area contributed by atoms with Crippen LogP contribution in [0.4, 0.5) is 8.78 Å². The predicted molar refractivity (Wildman–Crippen MR) is 71.2 cm³/mol. The van der Waals surface area contributed by atoms with E-state index in [0.29, 0.717) is 21.9 Å². The van der Waals surface area contributed by atoms with E-state index in [1.54, 1.807) is 6.07 Å². The molecule has 0 aliphatic carbocycles. The molecule has 1 heterocycles. The van der Waals surface area contributed by atoms with E-state index >= 15 is 0 Å². The van der Waals surface area contributed by atoms with Gasteiger partial charge in [-0.2, -0.15) is 0 Å². The number of hydrogen-bond donors (Lipinski definition) is 1. The summed E-state index contributed by atoms with van der Waals surface area (Å²) in [6.07, 6.45) is 0. The molecule has 3 aromatic rings. The highest BCUT2D eigenvalue weighted by atomic mass is 35.5. The Balaban J connectivity index is 2.27. The molecule has 0 radical (unpaired) electrons. The summed E-state index contributed by atoms with van der Waals surface area (Å²) in [5, 5.41) is 0.544. The molecular weight excluding hydrogens is 270 g/mol. The zero-order valence-electron chi connectivity index (χ0n) is 9.97. The van der Waals surface area contributed by atoms with E-state index < -0.39 is 11.6 Å². The van der Waals surface area contributed by atoms with Crippen molar-refractivity contribution in [1.82, 2.24) is 9.97 Å². The summed E-state index contributed by atoms with van der Waals surface area (Å²) in [6, 6.07) is 8.00. The van der Waals surface area contributed by atoms with Crippen molar-refractivity contribution >= 4 is 22.6 Å². The molecule has 0 saturated carbocycles. The monoisotopic (exact) mass is 278 g/mol. The van der Waals surface area contributed by atoms with Crippen LogP contribution in [0.5, 0.6) is 0 Å². The molecule has 0 aliphatic heterocycles. The maximum Gasteiger partial charge on any atom is 0.186 e.